The van der Waals surface area contributed by atoms with Gasteiger partial charge in [0.05, 0.1) is 18.3 Å². The van der Waals surface area contributed by atoms with Crippen LogP contribution in [0.5, 0.6) is 0 Å². The molecule has 0 bridgehead atoms. The molecule has 1 rings (SSSR count). The minimum Gasteiger partial charge on any atom is -0.389 e. The number of likely N-dealkylation sites (tertiary alicyclic amines) is 1. The van der Waals surface area contributed by atoms with Crippen molar-refractivity contribution >= 4 is 0 Å². The van der Waals surface area contributed by atoms with E-state index in [1.807, 2.05) is 20.8 Å². The van der Waals surface area contributed by atoms with Crippen LogP contribution in [0.25, 0.3) is 0 Å². The van der Waals surface area contributed by atoms with E-state index in [2.05, 4.69) is 23.8 Å². The lowest BCUT2D eigenvalue weighted by molar-refractivity contribution is -0.0550. The highest BCUT2D eigenvalue weighted by Crippen LogP contribution is 2.17. The van der Waals surface area contributed by atoms with E-state index in [1.165, 1.54) is 13.0 Å². The fourth-order valence-corrected chi connectivity index (χ4v) is 2.49. The number of hydrogen-bond donors (Lipinski definition) is 1. The van der Waals surface area contributed by atoms with Gasteiger partial charge in [-0.25, -0.2) is 0 Å². The predicted octanol–water partition coefficient (Wildman–Crippen LogP) is 1.44. The number of nitrogens with zero attached hydrogens (tertiary/aromatic N) is 2. The van der Waals surface area contributed by atoms with Gasteiger partial charge in [0.2, 0.25) is 0 Å². The number of aliphatic hydroxyl groups excluding tert-OH is 1. The fraction of sp³-hybridized carbons (Fsp3) is 1.00. The van der Waals surface area contributed by atoms with E-state index < -0.39 is 0 Å². The summed E-state index contributed by atoms with van der Waals surface area (Å²) in [5.41, 5.74) is -0.168. The minimum absolute atomic E-state index is 0.168. The van der Waals surface area contributed by atoms with Crippen LogP contribution in [0.2, 0.25) is 0 Å². The van der Waals surface area contributed by atoms with Crippen molar-refractivity contribution < 1.29 is 9.84 Å². The molecule has 0 saturated carbocycles. The SMILES string of the molecule is CCN(C)CC1CCN(CC(O)COC(C)(C)C)C1. The van der Waals surface area contributed by atoms with Gasteiger partial charge in [-0.2, -0.15) is 0 Å². The lowest BCUT2D eigenvalue weighted by atomic mass is 10.1. The maximum atomic E-state index is 10.0. The van der Waals surface area contributed by atoms with Crippen molar-refractivity contribution in [3.8, 4) is 0 Å². The lowest BCUT2D eigenvalue weighted by Crippen LogP contribution is -2.36. The maximum Gasteiger partial charge on any atom is 0.0900 e. The van der Waals surface area contributed by atoms with Gasteiger partial charge in [-0.15, -0.1) is 0 Å². The van der Waals surface area contributed by atoms with E-state index in [1.54, 1.807) is 0 Å². The zero-order valence-corrected chi connectivity index (χ0v) is 13.4. The molecular weight excluding hydrogens is 240 g/mol. The molecule has 19 heavy (non-hydrogen) atoms. The first-order chi connectivity index (χ1) is 8.80. The van der Waals surface area contributed by atoms with E-state index >= 15 is 0 Å². The summed E-state index contributed by atoms with van der Waals surface area (Å²) in [5, 5.41) is 10.0. The highest BCUT2D eigenvalue weighted by atomic mass is 16.5. The van der Waals surface area contributed by atoms with Crippen LogP contribution in [0, 0.1) is 5.92 Å². The Morgan fingerprint density at radius 3 is 2.68 bits per heavy atom. The molecular formula is C15H32N2O2. The number of ether oxygens (including phenoxy) is 1. The van der Waals surface area contributed by atoms with Crippen molar-refractivity contribution in [2.24, 2.45) is 5.92 Å². The molecule has 1 aliphatic rings. The molecule has 0 radical (unpaired) electrons. The molecule has 4 nitrogen and oxygen atoms in total. The Kier molecular flexibility index (Phi) is 6.74. The molecule has 2 unspecified atom stereocenters. The first-order valence-electron chi connectivity index (χ1n) is 7.53. The Hall–Kier alpha value is -0.160. The topological polar surface area (TPSA) is 35.9 Å². The summed E-state index contributed by atoms with van der Waals surface area (Å²) >= 11 is 0. The number of hydrogen-bond acceptors (Lipinski definition) is 4. The average Bonchev–Trinajstić information content (AvgIpc) is 2.73. The van der Waals surface area contributed by atoms with Crippen LogP contribution in [0.15, 0.2) is 0 Å². The average molecular weight is 272 g/mol. The third-order valence-corrected chi connectivity index (χ3v) is 3.66. The van der Waals surface area contributed by atoms with Gasteiger partial charge in [0.1, 0.15) is 0 Å². The molecule has 1 N–H and O–H groups in total. The molecule has 1 heterocycles. The zero-order chi connectivity index (χ0) is 14.5. The molecule has 1 saturated heterocycles. The molecule has 4 heteroatoms. The van der Waals surface area contributed by atoms with Crippen molar-refractivity contribution in [2.75, 3.05) is 46.4 Å². The predicted molar refractivity (Wildman–Crippen MR) is 79.4 cm³/mol. The quantitative estimate of drug-likeness (QED) is 0.761. The first-order valence-corrected chi connectivity index (χ1v) is 7.53. The van der Waals surface area contributed by atoms with Crippen molar-refractivity contribution in [1.29, 1.82) is 0 Å². The second-order valence-electron chi connectivity index (χ2n) is 6.85. The van der Waals surface area contributed by atoms with Crippen LogP contribution in [0.1, 0.15) is 34.1 Å². The summed E-state index contributed by atoms with van der Waals surface area (Å²) in [6.07, 6.45) is 0.874. The largest absolute Gasteiger partial charge is 0.389 e. The van der Waals surface area contributed by atoms with E-state index in [0.717, 1.165) is 32.1 Å². The molecule has 1 fully saturated rings. The summed E-state index contributed by atoms with van der Waals surface area (Å²) in [6, 6.07) is 0. The van der Waals surface area contributed by atoms with Crippen molar-refractivity contribution in [1.82, 2.24) is 9.80 Å². The van der Waals surface area contributed by atoms with Crippen molar-refractivity contribution in [3.05, 3.63) is 0 Å². The van der Waals surface area contributed by atoms with Gasteiger partial charge in [-0.05, 0) is 53.2 Å². The summed E-state index contributed by atoms with van der Waals surface area (Å²) in [6.45, 7) is 13.9. The molecule has 0 aromatic heterocycles. The third kappa shape index (κ3) is 7.25. The highest BCUT2D eigenvalue weighted by molar-refractivity contribution is 4.79. The molecule has 0 spiro atoms. The molecule has 1 aliphatic heterocycles. The van der Waals surface area contributed by atoms with Crippen LogP contribution in [0.3, 0.4) is 0 Å². The third-order valence-electron chi connectivity index (χ3n) is 3.66. The Labute approximate surface area is 118 Å². The van der Waals surface area contributed by atoms with Crippen LogP contribution in [-0.2, 0) is 4.74 Å². The van der Waals surface area contributed by atoms with Gasteiger partial charge < -0.3 is 19.6 Å². The maximum absolute atomic E-state index is 10.0. The van der Waals surface area contributed by atoms with Gasteiger partial charge in [-0.1, -0.05) is 6.92 Å². The molecule has 0 aliphatic carbocycles. The fourth-order valence-electron chi connectivity index (χ4n) is 2.49. The van der Waals surface area contributed by atoms with E-state index in [4.69, 9.17) is 4.74 Å². The number of rotatable bonds is 7. The standard InChI is InChI=1S/C15H32N2O2/c1-6-16(5)9-13-7-8-17(10-13)11-14(18)12-19-15(2,3)4/h13-14,18H,6-12H2,1-5H3. The smallest absolute Gasteiger partial charge is 0.0900 e. The molecule has 0 aromatic carbocycles. The van der Waals surface area contributed by atoms with Gasteiger partial charge in [-0.3, -0.25) is 0 Å². The van der Waals surface area contributed by atoms with Gasteiger partial charge >= 0.3 is 0 Å². The zero-order valence-electron chi connectivity index (χ0n) is 13.4. The van der Waals surface area contributed by atoms with Crippen molar-refractivity contribution in [2.45, 2.75) is 45.8 Å². The van der Waals surface area contributed by atoms with Gasteiger partial charge in [0.25, 0.3) is 0 Å². The Bertz CT molecular complexity index is 253. The molecule has 2 atom stereocenters. The number of β-amino-alcohol motifs (C(OH)–C–C–N with tert-alkyl or cyclic N) is 1. The summed E-state index contributed by atoms with van der Waals surface area (Å²) in [4.78, 5) is 4.73. The number of aliphatic hydroxyl groups is 1. The van der Waals surface area contributed by atoms with Crippen LogP contribution >= 0.6 is 0 Å². The summed E-state index contributed by atoms with van der Waals surface area (Å²) in [7, 11) is 2.18. The first kappa shape index (κ1) is 16.9. The monoisotopic (exact) mass is 272 g/mol. The van der Waals surface area contributed by atoms with E-state index in [9.17, 15) is 5.11 Å². The summed E-state index contributed by atoms with van der Waals surface area (Å²) < 4.78 is 5.63. The Morgan fingerprint density at radius 1 is 1.42 bits per heavy atom. The highest BCUT2D eigenvalue weighted by Gasteiger charge is 2.25. The molecule has 114 valence electrons. The van der Waals surface area contributed by atoms with E-state index in [-0.39, 0.29) is 11.7 Å². The second kappa shape index (κ2) is 7.58. The van der Waals surface area contributed by atoms with Crippen LogP contribution in [0.4, 0.5) is 0 Å². The second-order valence-corrected chi connectivity index (χ2v) is 6.85. The minimum atomic E-state index is -0.373. The lowest BCUT2D eigenvalue weighted by Gasteiger charge is -2.25. The van der Waals surface area contributed by atoms with Crippen LogP contribution < -0.4 is 0 Å². The van der Waals surface area contributed by atoms with E-state index in [0.29, 0.717) is 6.61 Å². The normalized spacial score (nSPS) is 23.2. The molecule has 0 amide bonds. The Balaban J connectivity index is 2.20. The van der Waals surface area contributed by atoms with Crippen LogP contribution in [-0.4, -0.2) is 73.0 Å². The van der Waals surface area contributed by atoms with Gasteiger partial charge in [0.15, 0.2) is 0 Å². The Morgan fingerprint density at radius 2 is 2.11 bits per heavy atom. The van der Waals surface area contributed by atoms with Gasteiger partial charge in [0, 0.05) is 19.6 Å². The molecule has 0 aromatic rings. The van der Waals surface area contributed by atoms with Crippen molar-refractivity contribution in [3.63, 3.8) is 0 Å². The summed E-state index contributed by atoms with van der Waals surface area (Å²) in [5.74, 6) is 0.751.